The van der Waals surface area contributed by atoms with Gasteiger partial charge >= 0.3 is 6.18 Å². The van der Waals surface area contributed by atoms with Gasteiger partial charge in [0.15, 0.2) is 24.0 Å². The number of ether oxygens (including phenoxy) is 1. The molecule has 1 aliphatic carbocycles. The number of hydrogen-bond acceptors (Lipinski definition) is 1. The van der Waals surface area contributed by atoms with Crippen LogP contribution < -0.4 is 4.74 Å². The minimum absolute atomic E-state index is 0.0149. The number of allylic oxidation sites excluding steroid dienone is 2. The number of fused-ring (bicyclic) bond motifs is 1. The molecule has 1 aliphatic rings. The second kappa shape index (κ2) is 10.5. The monoisotopic (exact) mass is 484 g/mol. The standard InChI is InChI=1S/C29H25F5O/c1-2-3-19-4-6-20(7-5-19)8-9-21-10-12-22(13-11-21)23-14-15-25-24(16-23)17-26(30)28(27(25)31)35-18-29(32,33)34/h2-3,10-17,19-20H,4-7,18H2,1H3/b3-2+. The maximum absolute atomic E-state index is 14.6. The van der Waals surface area contributed by atoms with Crippen molar-refractivity contribution in [2.75, 3.05) is 6.61 Å². The van der Waals surface area contributed by atoms with Crippen LogP contribution in [0.3, 0.4) is 0 Å². The molecule has 4 rings (SSSR count). The van der Waals surface area contributed by atoms with Gasteiger partial charge in [0.1, 0.15) is 0 Å². The Bertz CT molecular complexity index is 1270. The number of benzene rings is 3. The summed E-state index contributed by atoms with van der Waals surface area (Å²) < 4.78 is 70.5. The van der Waals surface area contributed by atoms with Crippen LogP contribution in [0.5, 0.6) is 5.75 Å². The largest absolute Gasteiger partial charge is 0.478 e. The highest BCUT2D eigenvalue weighted by atomic mass is 19.4. The summed E-state index contributed by atoms with van der Waals surface area (Å²) in [5.41, 5.74) is 2.46. The van der Waals surface area contributed by atoms with Crippen LogP contribution >= 0.6 is 0 Å². The van der Waals surface area contributed by atoms with Crippen LogP contribution in [0.2, 0.25) is 0 Å². The summed E-state index contributed by atoms with van der Waals surface area (Å²) >= 11 is 0. The summed E-state index contributed by atoms with van der Waals surface area (Å²) in [6, 6.07) is 13.2. The van der Waals surface area contributed by atoms with E-state index < -0.39 is 30.2 Å². The fourth-order valence-corrected chi connectivity index (χ4v) is 4.44. The Labute approximate surface area is 201 Å². The molecule has 0 heterocycles. The zero-order chi connectivity index (χ0) is 25.0. The molecule has 0 aliphatic heterocycles. The van der Waals surface area contributed by atoms with Gasteiger partial charge in [-0.15, -0.1) is 0 Å². The van der Waals surface area contributed by atoms with Gasteiger partial charge in [0.2, 0.25) is 0 Å². The molecule has 1 saturated carbocycles. The molecular weight excluding hydrogens is 459 g/mol. The SMILES string of the molecule is C/C=C/C1CCC(C#Cc2ccc(-c3ccc4c(F)c(OCC(F)(F)F)c(F)cc4c3)cc2)CC1. The number of alkyl halides is 3. The van der Waals surface area contributed by atoms with Crippen molar-refractivity contribution in [3.05, 3.63) is 77.9 Å². The van der Waals surface area contributed by atoms with Crippen LogP contribution in [0.1, 0.15) is 38.2 Å². The fraction of sp³-hybridized carbons (Fsp3) is 0.310. The van der Waals surface area contributed by atoms with E-state index in [1.54, 1.807) is 12.1 Å². The molecule has 0 radical (unpaired) electrons. The summed E-state index contributed by atoms with van der Waals surface area (Å²) in [7, 11) is 0. The van der Waals surface area contributed by atoms with Gasteiger partial charge in [-0.05, 0) is 79.3 Å². The van der Waals surface area contributed by atoms with Gasteiger partial charge in [-0.2, -0.15) is 13.2 Å². The lowest BCUT2D eigenvalue weighted by molar-refractivity contribution is -0.154. The molecule has 0 N–H and O–H groups in total. The Morgan fingerprint density at radius 2 is 1.63 bits per heavy atom. The molecular formula is C29H25F5O. The van der Waals surface area contributed by atoms with Crippen molar-refractivity contribution in [1.82, 2.24) is 0 Å². The summed E-state index contributed by atoms with van der Waals surface area (Å²) in [6.07, 6.45) is 4.24. The van der Waals surface area contributed by atoms with Crippen LogP contribution in [0.15, 0.2) is 60.7 Å². The van der Waals surface area contributed by atoms with Gasteiger partial charge in [0.05, 0.1) is 0 Å². The first kappa shape index (κ1) is 24.8. The average molecular weight is 485 g/mol. The molecule has 3 aromatic carbocycles. The van der Waals surface area contributed by atoms with Crippen LogP contribution in [-0.4, -0.2) is 12.8 Å². The fourth-order valence-electron chi connectivity index (χ4n) is 4.44. The normalized spacial score (nSPS) is 18.5. The third kappa shape index (κ3) is 6.22. The molecule has 1 fully saturated rings. The highest BCUT2D eigenvalue weighted by molar-refractivity contribution is 5.89. The first-order valence-electron chi connectivity index (χ1n) is 11.6. The summed E-state index contributed by atoms with van der Waals surface area (Å²) in [5, 5.41) is 0.216. The van der Waals surface area contributed by atoms with Crippen LogP contribution in [-0.2, 0) is 0 Å². The second-order valence-corrected chi connectivity index (χ2v) is 8.83. The predicted molar refractivity (Wildman–Crippen MR) is 128 cm³/mol. The van der Waals surface area contributed by atoms with Crippen molar-refractivity contribution in [3.63, 3.8) is 0 Å². The Kier molecular flexibility index (Phi) is 7.45. The van der Waals surface area contributed by atoms with Gasteiger partial charge in [0, 0.05) is 16.9 Å². The van der Waals surface area contributed by atoms with Gasteiger partial charge < -0.3 is 4.74 Å². The maximum Gasteiger partial charge on any atom is 0.422 e. The Balaban J connectivity index is 1.49. The summed E-state index contributed by atoms with van der Waals surface area (Å²) in [6.45, 7) is 0.286. The van der Waals surface area contributed by atoms with E-state index in [1.807, 2.05) is 24.3 Å². The topological polar surface area (TPSA) is 9.23 Å². The Morgan fingerprint density at radius 1 is 0.943 bits per heavy atom. The number of hydrogen-bond donors (Lipinski definition) is 0. The van der Waals surface area contributed by atoms with Crippen LogP contribution in [0.4, 0.5) is 22.0 Å². The molecule has 0 unspecified atom stereocenters. The first-order valence-corrected chi connectivity index (χ1v) is 11.6. The molecule has 182 valence electrons. The van der Waals surface area contributed by atoms with Gasteiger partial charge in [-0.1, -0.05) is 48.3 Å². The predicted octanol–water partition coefficient (Wildman–Crippen LogP) is 8.46. The lowest BCUT2D eigenvalue weighted by atomic mass is 9.82. The van der Waals surface area contributed by atoms with Crippen molar-refractivity contribution in [2.45, 2.75) is 38.8 Å². The number of rotatable bonds is 4. The number of halogens is 5. The lowest BCUT2D eigenvalue weighted by Crippen LogP contribution is -2.20. The molecule has 1 nitrogen and oxygen atoms in total. The summed E-state index contributed by atoms with van der Waals surface area (Å²) in [4.78, 5) is 0. The van der Waals surface area contributed by atoms with Crippen LogP contribution in [0.25, 0.3) is 21.9 Å². The average Bonchev–Trinajstić information content (AvgIpc) is 2.83. The third-order valence-corrected chi connectivity index (χ3v) is 6.24. The Morgan fingerprint density at radius 3 is 2.29 bits per heavy atom. The van der Waals surface area contributed by atoms with Crippen molar-refractivity contribution >= 4 is 10.8 Å². The zero-order valence-corrected chi connectivity index (χ0v) is 19.3. The quantitative estimate of drug-likeness (QED) is 0.205. The van der Waals surface area contributed by atoms with E-state index in [9.17, 15) is 22.0 Å². The molecule has 0 saturated heterocycles. The smallest absolute Gasteiger partial charge is 0.422 e. The second-order valence-electron chi connectivity index (χ2n) is 8.83. The lowest BCUT2D eigenvalue weighted by Gasteiger charge is -2.22. The van der Waals surface area contributed by atoms with Gasteiger partial charge in [-0.25, -0.2) is 8.78 Å². The highest BCUT2D eigenvalue weighted by Gasteiger charge is 2.30. The molecule has 0 amide bonds. The van der Waals surface area contributed by atoms with E-state index in [1.165, 1.54) is 18.9 Å². The zero-order valence-electron chi connectivity index (χ0n) is 19.3. The maximum atomic E-state index is 14.6. The van der Waals surface area contributed by atoms with Crippen molar-refractivity contribution in [1.29, 1.82) is 0 Å². The van der Waals surface area contributed by atoms with E-state index in [0.717, 1.165) is 35.6 Å². The Hall–Kier alpha value is -3.33. The molecule has 35 heavy (non-hydrogen) atoms. The third-order valence-electron chi connectivity index (χ3n) is 6.24. The van der Waals surface area contributed by atoms with Gasteiger partial charge in [-0.3, -0.25) is 0 Å². The van der Waals surface area contributed by atoms with E-state index in [2.05, 4.69) is 35.7 Å². The van der Waals surface area contributed by atoms with E-state index in [-0.39, 0.29) is 10.8 Å². The van der Waals surface area contributed by atoms with Crippen molar-refractivity contribution in [3.8, 4) is 28.7 Å². The molecule has 0 atom stereocenters. The van der Waals surface area contributed by atoms with E-state index in [0.29, 0.717) is 11.8 Å². The highest BCUT2D eigenvalue weighted by Crippen LogP contribution is 2.34. The molecule has 0 bridgehead atoms. The van der Waals surface area contributed by atoms with Gasteiger partial charge in [0.25, 0.3) is 0 Å². The molecule has 0 aromatic heterocycles. The first-order chi connectivity index (χ1) is 16.7. The van der Waals surface area contributed by atoms with Crippen molar-refractivity contribution < 1.29 is 26.7 Å². The molecule has 0 spiro atoms. The molecule has 6 heteroatoms. The minimum atomic E-state index is -4.69. The summed E-state index contributed by atoms with van der Waals surface area (Å²) in [5.74, 6) is 4.35. The van der Waals surface area contributed by atoms with E-state index in [4.69, 9.17) is 0 Å². The molecule has 3 aromatic rings. The minimum Gasteiger partial charge on any atom is -0.478 e. The van der Waals surface area contributed by atoms with Crippen molar-refractivity contribution in [2.24, 2.45) is 11.8 Å². The van der Waals surface area contributed by atoms with Crippen LogP contribution in [0, 0.1) is 35.3 Å². The van der Waals surface area contributed by atoms with E-state index >= 15 is 0 Å².